The third-order valence-electron chi connectivity index (χ3n) is 3.85. The third-order valence-corrected chi connectivity index (χ3v) is 4.82. The summed E-state index contributed by atoms with van der Waals surface area (Å²) in [6, 6.07) is 11.0. The Morgan fingerprint density at radius 2 is 1.83 bits per heavy atom. The molecule has 2 aromatic carbocycles. The Morgan fingerprint density at radius 1 is 1.13 bits per heavy atom. The number of para-hydroxylation sites is 2. The molecule has 0 fully saturated rings. The molecule has 0 spiro atoms. The standard InChI is InChI=1S/C19H16F4N4O2S/c1-2-27-17(12-7-9-13(20)10-8-12)25-26-18(27)30-11-16(28)24-14-5-3-4-6-15(14)29-19(21,22)23/h3-10H,2,11H2,1H3,(H,24,28). The van der Waals surface area contributed by atoms with Crippen LogP contribution in [0.3, 0.4) is 0 Å². The van der Waals surface area contributed by atoms with E-state index in [0.717, 1.165) is 17.8 Å². The molecule has 1 heterocycles. The number of rotatable bonds is 7. The number of amides is 1. The molecule has 0 atom stereocenters. The van der Waals surface area contributed by atoms with Crippen LogP contribution in [-0.2, 0) is 11.3 Å². The second-order valence-corrected chi connectivity index (χ2v) is 6.88. The minimum atomic E-state index is -4.87. The minimum absolute atomic E-state index is 0.0932. The van der Waals surface area contributed by atoms with E-state index in [4.69, 9.17) is 0 Å². The molecule has 0 aliphatic carbocycles. The number of hydrogen-bond donors (Lipinski definition) is 1. The van der Waals surface area contributed by atoms with Crippen molar-refractivity contribution in [3.8, 4) is 17.1 Å². The summed E-state index contributed by atoms with van der Waals surface area (Å²) in [6.07, 6.45) is -4.87. The lowest BCUT2D eigenvalue weighted by Crippen LogP contribution is -2.20. The van der Waals surface area contributed by atoms with Crippen LogP contribution in [0, 0.1) is 5.82 Å². The minimum Gasteiger partial charge on any atom is -0.404 e. The summed E-state index contributed by atoms with van der Waals surface area (Å²) in [5.41, 5.74) is 0.574. The fourth-order valence-electron chi connectivity index (χ4n) is 2.59. The van der Waals surface area contributed by atoms with Gasteiger partial charge in [-0.2, -0.15) is 0 Å². The summed E-state index contributed by atoms with van der Waals surface area (Å²) in [5.74, 6) is -1.00. The van der Waals surface area contributed by atoms with E-state index in [2.05, 4.69) is 20.3 Å². The van der Waals surface area contributed by atoms with E-state index in [0.29, 0.717) is 23.1 Å². The summed E-state index contributed by atoms with van der Waals surface area (Å²) < 4.78 is 56.3. The highest BCUT2D eigenvalue weighted by atomic mass is 32.2. The molecule has 3 aromatic rings. The van der Waals surface area contributed by atoms with Crippen molar-refractivity contribution < 1.29 is 27.1 Å². The average Bonchev–Trinajstić information content (AvgIpc) is 3.10. The predicted octanol–water partition coefficient (Wildman–Crippen LogP) is 4.73. The second kappa shape index (κ2) is 9.16. The van der Waals surface area contributed by atoms with Gasteiger partial charge in [-0.15, -0.1) is 23.4 Å². The Balaban J connectivity index is 1.68. The number of aromatic nitrogens is 3. The maximum atomic E-state index is 13.1. The third kappa shape index (κ3) is 5.50. The van der Waals surface area contributed by atoms with E-state index in [-0.39, 0.29) is 17.3 Å². The van der Waals surface area contributed by atoms with Gasteiger partial charge < -0.3 is 14.6 Å². The van der Waals surface area contributed by atoms with E-state index in [9.17, 15) is 22.4 Å². The summed E-state index contributed by atoms with van der Waals surface area (Å²) in [5, 5.41) is 11.0. The number of benzene rings is 2. The largest absolute Gasteiger partial charge is 0.573 e. The van der Waals surface area contributed by atoms with Crippen LogP contribution in [-0.4, -0.2) is 32.8 Å². The monoisotopic (exact) mass is 440 g/mol. The highest BCUT2D eigenvalue weighted by Gasteiger charge is 2.32. The average molecular weight is 440 g/mol. The van der Waals surface area contributed by atoms with Gasteiger partial charge in [-0.25, -0.2) is 4.39 Å². The van der Waals surface area contributed by atoms with Gasteiger partial charge in [0.05, 0.1) is 11.4 Å². The zero-order valence-corrected chi connectivity index (χ0v) is 16.4. The first-order valence-electron chi connectivity index (χ1n) is 8.73. The quantitative estimate of drug-likeness (QED) is 0.425. The molecular formula is C19H16F4N4O2S. The zero-order chi connectivity index (χ0) is 21.7. The summed E-state index contributed by atoms with van der Waals surface area (Å²) >= 11 is 1.08. The molecule has 1 amide bonds. The molecule has 11 heteroatoms. The highest BCUT2D eigenvalue weighted by molar-refractivity contribution is 7.99. The van der Waals surface area contributed by atoms with Gasteiger partial charge in [0.15, 0.2) is 16.7 Å². The lowest BCUT2D eigenvalue weighted by Gasteiger charge is -2.13. The van der Waals surface area contributed by atoms with Crippen LogP contribution >= 0.6 is 11.8 Å². The van der Waals surface area contributed by atoms with Crippen LogP contribution in [0.1, 0.15) is 6.92 Å². The van der Waals surface area contributed by atoms with Crippen molar-refractivity contribution in [2.24, 2.45) is 0 Å². The van der Waals surface area contributed by atoms with E-state index in [1.165, 1.54) is 30.3 Å². The number of nitrogens with zero attached hydrogens (tertiary/aromatic N) is 3. The lowest BCUT2D eigenvalue weighted by atomic mass is 10.2. The van der Waals surface area contributed by atoms with Gasteiger partial charge in [-0.05, 0) is 43.3 Å². The molecule has 0 radical (unpaired) electrons. The van der Waals surface area contributed by atoms with Gasteiger partial charge in [-0.1, -0.05) is 23.9 Å². The number of nitrogens with one attached hydrogen (secondary N) is 1. The van der Waals surface area contributed by atoms with E-state index >= 15 is 0 Å². The molecular weight excluding hydrogens is 424 g/mol. The molecule has 0 aliphatic heterocycles. The van der Waals surface area contributed by atoms with Gasteiger partial charge in [0.1, 0.15) is 5.82 Å². The molecule has 0 saturated heterocycles. The van der Waals surface area contributed by atoms with E-state index in [1.54, 1.807) is 16.7 Å². The van der Waals surface area contributed by atoms with Gasteiger partial charge >= 0.3 is 6.36 Å². The van der Waals surface area contributed by atoms with Crippen LogP contribution in [0.2, 0.25) is 0 Å². The number of anilines is 1. The van der Waals surface area contributed by atoms with Crippen LogP contribution in [0.4, 0.5) is 23.2 Å². The van der Waals surface area contributed by atoms with Gasteiger partial charge in [-0.3, -0.25) is 4.79 Å². The van der Waals surface area contributed by atoms with Gasteiger partial charge in [0.2, 0.25) is 5.91 Å². The van der Waals surface area contributed by atoms with E-state index in [1.807, 2.05) is 6.92 Å². The maximum absolute atomic E-state index is 13.1. The number of hydrogen-bond acceptors (Lipinski definition) is 5. The first kappa shape index (κ1) is 21.6. The molecule has 30 heavy (non-hydrogen) atoms. The Kier molecular flexibility index (Phi) is 6.60. The van der Waals surface area contributed by atoms with Crippen molar-refractivity contribution in [1.82, 2.24) is 14.8 Å². The Hall–Kier alpha value is -3.08. The van der Waals surface area contributed by atoms with Crippen LogP contribution in [0.25, 0.3) is 11.4 Å². The normalized spacial score (nSPS) is 11.4. The summed E-state index contributed by atoms with van der Waals surface area (Å²) in [6.45, 7) is 2.37. The fourth-order valence-corrected chi connectivity index (χ4v) is 3.40. The number of halogens is 4. The predicted molar refractivity (Wildman–Crippen MR) is 104 cm³/mol. The van der Waals surface area contributed by atoms with Gasteiger partial charge in [0.25, 0.3) is 0 Å². The Bertz CT molecular complexity index is 1020. The molecule has 158 valence electrons. The first-order valence-corrected chi connectivity index (χ1v) is 9.72. The molecule has 0 aliphatic rings. The lowest BCUT2D eigenvalue weighted by molar-refractivity contribution is -0.274. The van der Waals surface area contributed by atoms with Crippen molar-refractivity contribution in [3.05, 3.63) is 54.3 Å². The van der Waals surface area contributed by atoms with Crippen molar-refractivity contribution in [2.45, 2.75) is 25.0 Å². The number of thioether (sulfide) groups is 1. The smallest absolute Gasteiger partial charge is 0.404 e. The zero-order valence-electron chi connectivity index (χ0n) is 15.6. The second-order valence-electron chi connectivity index (χ2n) is 5.94. The van der Waals surface area contributed by atoms with Crippen molar-refractivity contribution in [3.63, 3.8) is 0 Å². The molecule has 0 bridgehead atoms. The number of carbonyl (C=O) groups excluding carboxylic acids is 1. The maximum Gasteiger partial charge on any atom is 0.573 e. The van der Waals surface area contributed by atoms with Gasteiger partial charge in [0, 0.05) is 12.1 Å². The first-order chi connectivity index (χ1) is 14.3. The number of alkyl halides is 3. The molecule has 0 unspecified atom stereocenters. The van der Waals surface area contributed by atoms with Crippen molar-refractivity contribution in [2.75, 3.05) is 11.1 Å². The number of carbonyl (C=O) groups is 1. The molecule has 3 rings (SSSR count). The number of ether oxygens (including phenoxy) is 1. The van der Waals surface area contributed by atoms with Crippen LogP contribution < -0.4 is 10.1 Å². The highest BCUT2D eigenvalue weighted by Crippen LogP contribution is 2.30. The summed E-state index contributed by atoms with van der Waals surface area (Å²) in [4.78, 5) is 12.2. The van der Waals surface area contributed by atoms with Crippen LogP contribution in [0.15, 0.2) is 53.7 Å². The molecule has 6 nitrogen and oxygen atoms in total. The van der Waals surface area contributed by atoms with E-state index < -0.39 is 18.0 Å². The molecule has 1 aromatic heterocycles. The molecule has 1 N–H and O–H groups in total. The topological polar surface area (TPSA) is 69.0 Å². The Morgan fingerprint density at radius 3 is 2.50 bits per heavy atom. The SMILES string of the molecule is CCn1c(SCC(=O)Nc2ccccc2OC(F)(F)F)nnc1-c1ccc(F)cc1. The molecule has 0 saturated carbocycles. The van der Waals surface area contributed by atoms with Crippen molar-refractivity contribution >= 4 is 23.4 Å². The van der Waals surface area contributed by atoms with Crippen LogP contribution in [0.5, 0.6) is 5.75 Å². The van der Waals surface area contributed by atoms with Crippen molar-refractivity contribution in [1.29, 1.82) is 0 Å². The summed E-state index contributed by atoms with van der Waals surface area (Å²) in [7, 11) is 0. The Labute approximate surface area is 173 Å². The fraction of sp³-hybridized carbons (Fsp3) is 0.211.